The number of hydrogen-bond donors (Lipinski definition) is 2. The van der Waals surface area contributed by atoms with Gasteiger partial charge >= 0.3 is 12.0 Å². The molecule has 2 N–H and O–H groups in total. The quantitative estimate of drug-likeness (QED) is 0.769. The molecule has 18 heavy (non-hydrogen) atoms. The number of carboxylic acids is 1. The number of urea groups is 1. The van der Waals surface area contributed by atoms with Gasteiger partial charge in [-0.15, -0.1) is 0 Å². The lowest BCUT2D eigenvalue weighted by atomic mass is 10.1. The standard InChI is InChI=1S/C12H19N3O3/c1-2-15(7-3-6-13)12(18)14-10-5-4-9(8-10)11(16)17/h9-10H,2-5,7-8H2,1H3,(H,14,18)(H,16,17)/t9-,10+/m1/s1. The van der Waals surface area contributed by atoms with Gasteiger partial charge in [0.2, 0.25) is 0 Å². The molecule has 6 nitrogen and oxygen atoms in total. The summed E-state index contributed by atoms with van der Waals surface area (Å²) in [5.74, 6) is -1.13. The van der Waals surface area contributed by atoms with Crippen LogP contribution < -0.4 is 5.32 Å². The van der Waals surface area contributed by atoms with Crippen LogP contribution in [-0.4, -0.2) is 41.1 Å². The fourth-order valence-electron chi connectivity index (χ4n) is 2.19. The molecule has 0 aromatic rings. The van der Waals surface area contributed by atoms with Crippen LogP contribution in [0, 0.1) is 17.2 Å². The van der Waals surface area contributed by atoms with Crippen LogP contribution in [-0.2, 0) is 4.79 Å². The highest BCUT2D eigenvalue weighted by Crippen LogP contribution is 2.25. The molecule has 0 saturated heterocycles. The molecule has 1 aliphatic carbocycles. The van der Waals surface area contributed by atoms with Gasteiger partial charge in [0.25, 0.3) is 0 Å². The molecule has 1 rings (SSSR count). The smallest absolute Gasteiger partial charge is 0.317 e. The van der Waals surface area contributed by atoms with Crippen LogP contribution in [0.1, 0.15) is 32.6 Å². The number of aliphatic carboxylic acids is 1. The summed E-state index contributed by atoms with van der Waals surface area (Å²) in [5, 5.41) is 20.2. The Balaban J connectivity index is 2.40. The van der Waals surface area contributed by atoms with Crippen molar-refractivity contribution < 1.29 is 14.7 Å². The normalized spacial score (nSPS) is 22.2. The summed E-state index contributed by atoms with van der Waals surface area (Å²) in [6.07, 6.45) is 2.13. The lowest BCUT2D eigenvalue weighted by Gasteiger charge is -2.22. The topological polar surface area (TPSA) is 93.4 Å². The van der Waals surface area contributed by atoms with Gasteiger partial charge in [0.05, 0.1) is 18.4 Å². The van der Waals surface area contributed by atoms with Crippen LogP contribution in [0.2, 0.25) is 0 Å². The van der Waals surface area contributed by atoms with E-state index in [-0.39, 0.29) is 18.0 Å². The number of nitriles is 1. The average Bonchev–Trinajstić information content (AvgIpc) is 2.78. The number of carbonyl (C=O) groups excluding carboxylic acids is 1. The van der Waals surface area contributed by atoms with Crippen molar-refractivity contribution in [2.45, 2.75) is 38.6 Å². The van der Waals surface area contributed by atoms with Crippen molar-refractivity contribution >= 4 is 12.0 Å². The van der Waals surface area contributed by atoms with E-state index >= 15 is 0 Å². The van der Waals surface area contributed by atoms with Crippen molar-refractivity contribution in [2.75, 3.05) is 13.1 Å². The minimum absolute atomic E-state index is 0.0604. The molecule has 0 radical (unpaired) electrons. The van der Waals surface area contributed by atoms with E-state index < -0.39 is 5.97 Å². The summed E-state index contributed by atoms with van der Waals surface area (Å²) in [7, 11) is 0. The second-order valence-electron chi connectivity index (χ2n) is 4.48. The van der Waals surface area contributed by atoms with E-state index in [1.54, 1.807) is 4.90 Å². The first-order valence-corrected chi connectivity index (χ1v) is 6.23. The fraction of sp³-hybridized carbons (Fsp3) is 0.750. The molecular formula is C12H19N3O3. The second-order valence-corrected chi connectivity index (χ2v) is 4.48. The van der Waals surface area contributed by atoms with Crippen molar-refractivity contribution in [1.29, 1.82) is 5.26 Å². The molecule has 1 aliphatic rings. The first-order chi connectivity index (χ1) is 8.58. The number of rotatable bonds is 5. The van der Waals surface area contributed by atoms with Gasteiger partial charge in [-0.05, 0) is 26.2 Å². The number of carbonyl (C=O) groups is 2. The van der Waals surface area contributed by atoms with E-state index in [0.29, 0.717) is 38.8 Å². The van der Waals surface area contributed by atoms with Crippen LogP contribution in [0.4, 0.5) is 4.79 Å². The van der Waals surface area contributed by atoms with Crippen LogP contribution in [0.15, 0.2) is 0 Å². The molecule has 0 spiro atoms. The van der Waals surface area contributed by atoms with Crippen molar-refractivity contribution in [3.63, 3.8) is 0 Å². The Bertz CT molecular complexity index is 351. The van der Waals surface area contributed by atoms with Gasteiger partial charge in [0.15, 0.2) is 0 Å². The summed E-state index contributed by atoms with van der Waals surface area (Å²) in [6, 6.07) is 1.74. The molecule has 1 fully saturated rings. The zero-order valence-electron chi connectivity index (χ0n) is 10.6. The van der Waals surface area contributed by atoms with Crippen LogP contribution in [0.5, 0.6) is 0 Å². The molecule has 1 saturated carbocycles. The van der Waals surface area contributed by atoms with Gasteiger partial charge in [-0.1, -0.05) is 0 Å². The van der Waals surface area contributed by atoms with E-state index in [1.807, 2.05) is 13.0 Å². The Morgan fingerprint density at radius 2 is 2.22 bits per heavy atom. The SMILES string of the molecule is CCN(CCC#N)C(=O)N[C@H]1CC[C@@H](C(=O)O)C1. The highest BCUT2D eigenvalue weighted by atomic mass is 16.4. The first kappa shape index (κ1) is 14.3. The molecule has 0 heterocycles. The lowest BCUT2D eigenvalue weighted by molar-refractivity contribution is -0.141. The highest BCUT2D eigenvalue weighted by molar-refractivity contribution is 5.75. The zero-order chi connectivity index (χ0) is 13.5. The van der Waals surface area contributed by atoms with E-state index in [1.165, 1.54) is 0 Å². The Labute approximate surface area is 107 Å². The third-order valence-electron chi connectivity index (χ3n) is 3.27. The van der Waals surface area contributed by atoms with Gasteiger partial charge in [-0.3, -0.25) is 4.79 Å². The molecule has 6 heteroatoms. The van der Waals surface area contributed by atoms with Gasteiger partial charge in [-0.2, -0.15) is 5.26 Å². The van der Waals surface area contributed by atoms with Crippen LogP contribution in [0.25, 0.3) is 0 Å². The predicted octanol–water partition coefficient (Wildman–Crippen LogP) is 1.18. The minimum atomic E-state index is -0.788. The van der Waals surface area contributed by atoms with E-state index in [0.717, 1.165) is 0 Å². The van der Waals surface area contributed by atoms with Crippen LogP contribution >= 0.6 is 0 Å². The maximum Gasteiger partial charge on any atom is 0.317 e. The number of nitrogens with zero attached hydrogens (tertiary/aromatic N) is 2. The number of carboxylic acid groups (broad SMARTS) is 1. The Morgan fingerprint density at radius 3 is 2.72 bits per heavy atom. The monoisotopic (exact) mass is 253 g/mol. The average molecular weight is 253 g/mol. The molecule has 0 aromatic carbocycles. The Morgan fingerprint density at radius 1 is 1.50 bits per heavy atom. The van der Waals surface area contributed by atoms with E-state index in [4.69, 9.17) is 10.4 Å². The van der Waals surface area contributed by atoms with Crippen molar-refractivity contribution in [2.24, 2.45) is 5.92 Å². The van der Waals surface area contributed by atoms with E-state index in [2.05, 4.69) is 5.32 Å². The fourth-order valence-corrected chi connectivity index (χ4v) is 2.19. The van der Waals surface area contributed by atoms with E-state index in [9.17, 15) is 9.59 Å². The van der Waals surface area contributed by atoms with Gasteiger partial charge in [0, 0.05) is 19.1 Å². The van der Waals surface area contributed by atoms with Crippen molar-refractivity contribution in [3.8, 4) is 6.07 Å². The maximum atomic E-state index is 11.9. The molecule has 0 aliphatic heterocycles. The Hall–Kier alpha value is -1.77. The Kier molecular flexibility index (Phi) is 5.43. The number of nitrogens with one attached hydrogen (secondary N) is 1. The van der Waals surface area contributed by atoms with Gasteiger partial charge in [-0.25, -0.2) is 4.79 Å². The maximum absolute atomic E-state index is 11.9. The molecule has 2 atom stereocenters. The summed E-state index contributed by atoms with van der Waals surface area (Å²) < 4.78 is 0. The predicted molar refractivity (Wildman–Crippen MR) is 64.8 cm³/mol. The van der Waals surface area contributed by atoms with Crippen LogP contribution in [0.3, 0.4) is 0 Å². The third-order valence-corrected chi connectivity index (χ3v) is 3.27. The largest absolute Gasteiger partial charge is 0.481 e. The van der Waals surface area contributed by atoms with Crippen molar-refractivity contribution in [1.82, 2.24) is 10.2 Å². The highest BCUT2D eigenvalue weighted by Gasteiger charge is 2.31. The molecule has 2 amide bonds. The molecule has 0 bridgehead atoms. The molecular weight excluding hydrogens is 234 g/mol. The second kappa shape index (κ2) is 6.84. The summed E-state index contributed by atoms with van der Waals surface area (Å²) in [5.41, 5.74) is 0. The lowest BCUT2D eigenvalue weighted by Crippen LogP contribution is -2.44. The first-order valence-electron chi connectivity index (χ1n) is 6.23. The summed E-state index contributed by atoms with van der Waals surface area (Å²) >= 11 is 0. The number of hydrogen-bond acceptors (Lipinski definition) is 3. The number of amides is 2. The van der Waals surface area contributed by atoms with Gasteiger partial charge in [0.1, 0.15) is 0 Å². The molecule has 0 aromatic heterocycles. The summed E-state index contributed by atoms with van der Waals surface area (Å²) in [4.78, 5) is 24.2. The minimum Gasteiger partial charge on any atom is -0.481 e. The molecule has 100 valence electrons. The van der Waals surface area contributed by atoms with Crippen molar-refractivity contribution in [3.05, 3.63) is 0 Å². The summed E-state index contributed by atoms with van der Waals surface area (Å²) in [6.45, 7) is 2.81. The third kappa shape index (κ3) is 3.91. The molecule has 0 unspecified atom stereocenters. The zero-order valence-corrected chi connectivity index (χ0v) is 10.6. The van der Waals surface area contributed by atoms with Gasteiger partial charge < -0.3 is 15.3 Å².